The molecule has 2 aromatic carbocycles. The average molecular weight is 456 g/mol. The summed E-state index contributed by atoms with van der Waals surface area (Å²) in [4.78, 5) is 15.0. The number of thioether (sulfide) groups is 1. The van der Waals surface area contributed by atoms with E-state index in [9.17, 15) is 4.79 Å². The molecule has 8 heteroatoms. The van der Waals surface area contributed by atoms with Crippen LogP contribution in [0, 0.1) is 0 Å². The number of nitrogens with zero attached hydrogens (tertiary/aromatic N) is 4. The Balaban J connectivity index is 1.45. The molecule has 1 aromatic heterocycles. The molecule has 1 atom stereocenters. The van der Waals surface area contributed by atoms with E-state index in [0.29, 0.717) is 5.02 Å². The van der Waals surface area contributed by atoms with Gasteiger partial charge in [0.2, 0.25) is 5.91 Å². The molecule has 0 saturated carbocycles. The lowest BCUT2D eigenvalue weighted by Crippen LogP contribution is -2.28. The first-order valence-electron chi connectivity index (χ1n) is 10.5. The number of aromatic nitrogens is 3. The van der Waals surface area contributed by atoms with Crippen LogP contribution in [0.5, 0.6) is 0 Å². The number of halogens is 1. The van der Waals surface area contributed by atoms with Gasteiger partial charge in [0.25, 0.3) is 0 Å². The van der Waals surface area contributed by atoms with E-state index in [0.717, 1.165) is 41.9 Å². The summed E-state index contributed by atoms with van der Waals surface area (Å²) in [5.41, 5.74) is 1.99. The van der Waals surface area contributed by atoms with E-state index < -0.39 is 0 Å². The van der Waals surface area contributed by atoms with E-state index in [1.54, 1.807) is 0 Å². The maximum absolute atomic E-state index is 12.6. The van der Waals surface area contributed by atoms with Crippen molar-refractivity contribution in [3.63, 3.8) is 0 Å². The lowest BCUT2D eigenvalue weighted by molar-refractivity contribution is -0.119. The fourth-order valence-corrected chi connectivity index (χ4v) is 4.73. The molecule has 162 valence electrons. The average Bonchev–Trinajstić information content (AvgIpc) is 3.43. The monoisotopic (exact) mass is 455 g/mol. The third-order valence-corrected chi connectivity index (χ3v) is 6.50. The lowest BCUT2D eigenvalue weighted by Gasteiger charge is -2.16. The number of carbonyl (C=O) groups excluding carboxylic acids is 1. The van der Waals surface area contributed by atoms with Crippen molar-refractivity contribution in [2.24, 2.45) is 0 Å². The molecule has 31 heavy (non-hydrogen) atoms. The molecule has 0 unspecified atom stereocenters. The van der Waals surface area contributed by atoms with Crippen LogP contribution < -0.4 is 5.32 Å². The van der Waals surface area contributed by atoms with Crippen LogP contribution in [0.1, 0.15) is 37.2 Å². The van der Waals surface area contributed by atoms with Crippen molar-refractivity contribution in [1.29, 1.82) is 0 Å². The summed E-state index contributed by atoms with van der Waals surface area (Å²) in [5.74, 6) is 1.11. The molecule has 4 rings (SSSR count). The zero-order chi connectivity index (χ0) is 21.6. The highest BCUT2D eigenvalue weighted by atomic mass is 35.5. The van der Waals surface area contributed by atoms with Crippen LogP contribution in [-0.4, -0.2) is 44.4 Å². The summed E-state index contributed by atoms with van der Waals surface area (Å²) in [5, 5.41) is 13.3. The van der Waals surface area contributed by atoms with Gasteiger partial charge in [0.1, 0.15) is 0 Å². The molecular formula is C23H26ClN5OS. The molecule has 6 nitrogen and oxygen atoms in total. The van der Waals surface area contributed by atoms with Gasteiger partial charge in [-0.25, -0.2) is 0 Å². The largest absolute Gasteiger partial charge is 0.349 e. The molecule has 1 saturated heterocycles. The van der Waals surface area contributed by atoms with Gasteiger partial charge >= 0.3 is 0 Å². The van der Waals surface area contributed by atoms with Crippen LogP contribution >= 0.6 is 23.4 Å². The Morgan fingerprint density at radius 2 is 1.90 bits per heavy atom. The van der Waals surface area contributed by atoms with Gasteiger partial charge in [-0.05, 0) is 62.7 Å². The van der Waals surface area contributed by atoms with Crippen molar-refractivity contribution in [3.05, 3.63) is 71.0 Å². The quantitative estimate of drug-likeness (QED) is 0.507. The van der Waals surface area contributed by atoms with Crippen LogP contribution in [0.15, 0.2) is 59.8 Å². The van der Waals surface area contributed by atoms with Crippen molar-refractivity contribution in [2.75, 3.05) is 18.8 Å². The van der Waals surface area contributed by atoms with Gasteiger partial charge in [-0.15, -0.1) is 10.2 Å². The topological polar surface area (TPSA) is 63.1 Å². The number of para-hydroxylation sites is 1. The molecule has 1 fully saturated rings. The molecule has 0 spiro atoms. The fourth-order valence-electron chi connectivity index (χ4n) is 3.75. The molecule has 0 radical (unpaired) electrons. The Hall–Kier alpha value is -2.35. The second-order valence-electron chi connectivity index (χ2n) is 7.69. The minimum atomic E-state index is -0.121. The second kappa shape index (κ2) is 10.3. The van der Waals surface area contributed by atoms with Gasteiger partial charge in [-0.1, -0.05) is 53.7 Å². The molecule has 0 bridgehead atoms. The predicted octanol–water partition coefficient (Wildman–Crippen LogP) is 4.49. The molecule has 2 heterocycles. The van der Waals surface area contributed by atoms with Crippen molar-refractivity contribution < 1.29 is 4.79 Å². The Bertz CT molecular complexity index is 1020. The van der Waals surface area contributed by atoms with Gasteiger partial charge in [-0.3, -0.25) is 14.3 Å². The van der Waals surface area contributed by atoms with Gasteiger partial charge in [0.05, 0.1) is 18.3 Å². The number of amides is 1. The number of carbonyl (C=O) groups is 1. The number of benzene rings is 2. The zero-order valence-electron chi connectivity index (χ0n) is 17.5. The van der Waals surface area contributed by atoms with Crippen LogP contribution in [-0.2, 0) is 11.3 Å². The predicted molar refractivity (Wildman–Crippen MR) is 125 cm³/mol. The van der Waals surface area contributed by atoms with Gasteiger partial charge in [-0.2, -0.15) is 0 Å². The van der Waals surface area contributed by atoms with Crippen molar-refractivity contribution in [2.45, 2.75) is 37.5 Å². The van der Waals surface area contributed by atoms with E-state index in [1.807, 2.05) is 61.5 Å². The van der Waals surface area contributed by atoms with Crippen molar-refractivity contribution in [1.82, 2.24) is 25.0 Å². The van der Waals surface area contributed by atoms with Crippen molar-refractivity contribution in [3.8, 4) is 5.69 Å². The molecule has 1 N–H and O–H groups in total. The summed E-state index contributed by atoms with van der Waals surface area (Å²) in [7, 11) is 0. The number of nitrogens with one attached hydrogen (secondary N) is 1. The van der Waals surface area contributed by atoms with Crippen LogP contribution in [0.3, 0.4) is 0 Å². The Morgan fingerprint density at radius 3 is 2.65 bits per heavy atom. The molecule has 1 aliphatic heterocycles. The van der Waals surface area contributed by atoms with Gasteiger partial charge in [0, 0.05) is 10.7 Å². The molecule has 3 aromatic rings. The molecular weight excluding hydrogens is 430 g/mol. The normalized spacial score (nSPS) is 15.2. The Morgan fingerprint density at radius 1 is 1.13 bits per heavy atom. The zero-order valence-corrected chi connectivity index (χ0v) is 19.1. The molecule has 1 amide bonds. The summed E-state index contributed by atoms with van der Waals surface area (Å²) in [6.07, 6.45) is 2.46. The number of likely N-dealkylation sites (tertiary alicyclic amines) is 1. The maximum Gasteiger partial charge on any atom is 0.230 e. The van der Waals surface area contributed by atoms with Crippen LogP contribution in [0.4, 0.5) is 0 Å². The van der Waals surface area contributed by atoms with Crippen molar-refractivity contribution >= 4 is 29.3 Å². The van der Waals surface area contributed by atoms with Crippen LogP contribution in [0.25, 0.3) is 5.69 Å². The molecule has 1 aliphatic rings. The first-order chi connectivity index (χ1) is 15.1. The standard InChI is InChI=1S/C23H26ClN5OS/c1-17(18-8-7-9-19(24)14-18)25-22(30)16-31-23-27-26-21(15-28-12-5-6-13-28)29(23)20-10-3-2-4-11-20/h2-4,7-11,14,17H,5-6,12-13,15-16H2,1H3,(H,25,30)/t17-/m1/s1. The third kappa shape index (κ3) is 5.67. The number of hydrogen-bond donors (Lipinski definition) is 1. The second-order valence-corrected chi connectivity index (χ2v) is 9.06. The summed E-state index contributed by atoms with van der Waals surface area (Å²) in [6, 6.07) is 17.5. The first kappa shape index (κ1) is 21.9. The SMILES string of the molecule is C[C@@H](NC(=O)CSc1nnc(CN2CCCC2)n1-c1ccccc1)c1cccc(Cl)c1. The highest BCUT2D eigenvalue weighted by Gasteiger charge is 2.20. The first-order valence-corrected chi connectivity index (χ1v) is 11.9. The van der Waals surface area contributed by atoms with E-state index >= 15 is 0 Å². The Labute approximate surface area is 192 Å². The Kier molecular flexibility index (Phi) is 7.27. The van der Waals surface area contributed by atoms with E-state index in [4.69, 9.17) is 11.6 Å². The highest BCUT2D eigenvalue weighted by Crippen LogP contribution is 2.24. The minimum absolute atomic E-state index is 0.0545. The van der Waals surface area contributed by atoms with E-state index in [2.05, 4.69) is 25.0 Å². The van der Waals surface area contributed by atoms with E-state index in [-0.39, 0.29) is 17.7 Å². The number of hydrogen-bond acceptors (Lipinski definition) is 5. The van der Waals surface area contributed by atoms with Gasteiger partial charge in [0.15, 0.2) is 11.0 Å². The lowest BCUT2D eigenvalue weighted by atomic mass is 10.1. The summed E-state index contributed by atoms with van der Waals surface area (Å²) in [6.45, 7) is 4.90. The smallest absolute Gasteiger partial charge is 0.230 e. The third-order valence-electron chi connectivity index (χ3n) is 5.34. The van der Waals surface area contributed by atoms with Crippen LogP contribution in [0.2, 0.25) is 5.02 Å². The minimum Gasteiger partial charge on any atom is -0.349 e. The van der Waals surface area contributed by atoms with E-state index in [1.165, 1.54) is 24.6 Å². The summed E-state index contributed by atoms with van der Waals surface area (Å²) < 4.78 is 2.07. The fraction of sp³-hybridized carbons (Fsp3) is 0.348. The van der Waals surface area contributed by atoms with Gasteiger partial charge < -0.3 is 5.32 Å². The molecule has 0 aliphatic carbocycles. The summed E-state index contributed by atoms with van der Waals surface area (Å²) >= 11 is 7.47. The highest BCUT2D eigenvalue weighted by molar-refractivity contribution is 7.99. The maximum atomic E-state index is 12.6. The number of rotatable bonds is 8.